The lowest BCUT2D eigenvalue weighted by atomic mass is 10.1. The highest BCUT2D eigenvalue weighted by Crippen LogP contribution is 2.24. The Morgan fingerprint density at radius 3 is 2.90 bits per heavy atom. The van der Waals surface area contributed by atoms with Gasteiger partial charge in [-0.1, -0.05) is 11.6 Å². The van der Waals surface area contributed by atoms with E-state index in [-0.39, 0.29) is 11.4 Å². The van der Waals surface area contributed by atoms with E-state index in [1.165, 1.54) is 0 Å². The van der Waals surface area contributed by atoms with E-state index in [0.29, 0.717) is 23.2 Å². The Hall–Kier alpha value is -1.13. The average molecular weight is 296 g/mol. The summed E-state index contributed by atoms with van der Waals surface area (Å²) in [5, 5.41) is 3.34. The number of likely N-dealkylation sites (tertiary alicyclic amines) is 1. The molecule has 110 valence electrons. The topological polar surface area (TPSA) is 45.2 Å². The van der Waals surface area contributed by atoms with E-state index < -0.39 is 0 Å². The second-order valence-electron chi connectivity index (χ2n) is 6.32. The number of hydrogen-bond donors (Lipinski definition) is 1. The monoisotopic (exact) mass is 295 g/mol. The number of carbonyl (C=O) groups excluding carboxylic acids is 1. The number of nitrogens with one attached hydrogen (secondary N) is 1. The Morgan fingerprint density at radius 1 is 1.55 bits per heavy atom. The standard InChI is InChI=1S/C15H22ClN3O/c1-15(2,3)19-8-6-11(10-19)9-18-14(20)13-12(16)5-4-7-17-13/h4-5,7,11H,6,8-10H2,1-3H3,(H,18,20). The molecular formula is C15H22ClN3O. The highest BCUT2D eigenvalue weighted by molar-refractivity contribution is 6.33. The van der Waals surface area contributed by atoms with Crippen LogP contribution in [-0.4, -0.2) is 41.0 Å². The number of carbonyl (C=O) groups is 1. The first-order valence-corrected chi connectivity index (χ1v) is 7.39. The summed E-state index contributed by atoms with van der Waals surface area (Å²) in [5.74, 6) is 0.311. The SMILES string of the molecule is CC(C)(C)N1CCC(CNC(=O)c2ncccc2Cl)C1. The summed E-state index contributed by atoms with van der Waals surface area (Å²) in [6.07, 6.45) is 2.70. The lowest BCUT2D eigenvalue weighted by Crippen LogP contribution is -2.40. The van der Waals surface area contributed by atoms with E-state index >= 15 is 0 Å². The van der Waals surface area contributed by atoms with Crippen LogP contribution in [0.5, 0.6) is 0 Å². The molecule has 1 fully saturated rings. The molecule has 1 atom stereocenters. The predicted octanol–water partition coefficient (Wildman–Crippen LogP) is 2.59. The maximum Gasteiger partial charge on any atom is 0.271 e. The van der Waals surface area contributed by atoms with Gasteiger partial charge in [0, 0.05) is 24.8 Å². The first kappa shape index (κ1) is 15.3. The molecule has 0 radical (unpaired) electrons. The minimum Gasteiger partial charge on any atom is -0.350 e. The molecule has 5 heteroatoms. The molecule has 1 aromatic heterocycles. The lowest BCUT2D eigenvalue weighted by molar-refractivity contribution is 0.0941. The molecule has 1 aromatic rings. The fourth-order valence-electron chi connectivity index (χ4n) is 2.48. The van der Waals surface area contributed by atoms with Crippen LogP contribution >= 0.6 is 11.6 Å². The van der Waals surface area contributed by atoms with Gasteiger partial charge in [-0.25, -0.2) is 4.98 Å². The van der Waals surface area contributed by atoms with Crippen molar-refractivity contribution in [3.05, 3.63) is 29.0 Å². The number of aromatic nitrogens is 1. The van der Waals surface area contributed by atoms with Crippen molar-refractivity contribution >= 4 is 17.5 Å². The van der Waals surface area contributed by atoms with Gasteiger partial charge >= 0.3 is 0 Å². The highest BCUT2D eigenvalue weighted by atomic mass is 35.5. The van der Waals surface area contributed by atoms with Crippen molar-refractivity contribution in [3.63, 3.8) is 0 Å². The third-order valence-electron chi connectivity index (χ3n) is 3.76. The zero-order chi connectivity index (χ0) is 14.8. The molecule has 1 amide bonds. The minimum absolute atomic E-state index is 0.190. The Balaban J connectivity index is 1.85. The van der Waals surface area contributed by atoms with Gasteiger partial charge in [-0.15, -0.1) is 0 Å². The molecule has 1 aliphatic rings. The van der Waals surface area contributed by atoms with Gasteiger partial charge in [0.25, 0.3) is 5.91 Å². The van der Waals surface area contributed by atoms with E-state index in [1.807, 2.05) is 0 Å². The van der Waals surface area contributed by atoms with Gasteiger partial charge in [-0.3, -0.25) is 9.69 Å². The molecule has 1 N–H and O–H groups in total. The van der Waals surface area contributed by atoms with Crippen molar-refractivity contribution in [2.75, 3.05) is 19.6 Å². The Labute approximate surface area is 125 Å². The molecule has 0 spiro atoms. The summed E-state index contributed by atoms with van der Waals surface area (Å²) in [6, 6.07) is 3.40. The van der Waals surface area contributed by atoms with Gasteiger partial charge in [0.05, 0.1) is 5.02 Å². The Bertz CT molecular complexity index is 484. The molecule has 0 saturated carbocycles. The average Bonchev–Trinajstić information content (AvgIpc) is 2.85. The number of amides is 1. The minimum atomic E-state index is -0.190. The van der Waals surface area contributed by atoms with E-state index in [0.717, 1.165) is 19.5 Å². The van der Waals surface area contributed by atoms with Crippen molar-refractivity contribution in [2.24, 2.45) is 5.92 Å². The van der Waals surface area contributed by atoms with Crippen LogP contribution in [0.25, 0.3) is 0 Å². The molecule has 1 saturated heterocycles. The highest BCUT2D eigenvalue weighted by Gasteiger charge is 2.30. The third-order valence-corrected chi connectivity index (χ3v) is 4.06. The fourth-order valence-corrected chi connectivity index (χ4v) is 2.69. The zero-order valence-electron chi connectivity index (χ0n) is 12.3. The van der Waals surface area contributed by atoms with E-state index in [9.17, 15) is 4.79 Å². The van der Waals surface area contributed by atoms with Gasteiger partial charge in [0.1, 0.15) is 5.69 Å². The molecule has 20 heavy (non-hydrogen) atoms. The first-order valence-electron chi connectivity index (χ1n) is 7.01. The number of hydrogen-bond acceptors (Lipinski definition) is 3. The molecule has 2 heterocycles. The van der Waals surface area contributed by atoms with E-state index in [2.05, 4.69) is 36.0 Å². The molecule has 1 unspecified atom stereocenters. The number of nitrogens with zero attached hydrogens (tertiary/aromatic N) is 2. The third kappa shape index (κ3) is 3.70. The smallest absolute Gasteiger partial charge is 0.271 e. The Morgan fingerprint density at radius 2 is 2.30 bits per heavy atom. The second kappa shape index (κ2) is 6.10. The van der Waals surface area contributed by atoms with E-state index in [1.54, 1.807) is 18.3 Å². The summed E-state index contributed by atoms with van der Waals surface area (Å²) < 4.78 is 0. The van der Waals surface area contributed by atoms with Crippen LogP contribution in [0.4, 0.5) is 0 Å². The molecular weight excluding hydrogens is 274 g/mol. The molecule has 0 bridgehead atoms. The van der Waals surface area contributed by atoms with Crippen molar-refractivity contribution in [1.82, 2.24) is 15.2 Å². The summed E-state index contributed by atoms with van der Waals surface area (Å²) in [6.45, 7) is 9.47. The van der Waals surface area contributed by atoms with Crippen LogP contribution in [-0.2, 0) is 0 Å². The normalized spacial score (nSPS) is 20.1. The van der Waals surface area contributed by atoms with E-state index in [4.69, 9.17) is 11.6 Å². The predicted molar refractivity (Wildman–Crippen MR) is 81.0 cm³/mol. The number of halogens is 1. The van der Waals surface area contributed by atoms with Crippen molar-refractivity contribution in [2.45, 2.75) is 32.7 Å². The maximum absolute atomic E-state index is 12.0. The van der Waals surface area contributed by atoms with Gasteiger partial charge in [0.2, 0.25) is 0 Å². The molecule has 4 nitrogen and oxygen atoms in total. The van der Waals surface area contributed by atoms with Gasteiger partial charge < -0.3 is 5.32 Å². The maximum atomic E-state index is 12.0. The van der Waals surface area contributed by atoms with Crippen LogP contribution in [0.15, 0.2) is 18.3 Å². The van der Waals surface area contributed by atoms with Crippen molar-refractivity contribution < 1.29 is 4.79 Å². The van der Waals surface area contributed by atoms with Crippen molar-refractivity contribution in [1.29, 1.82) is 0 Å². The lowest BCUT2D eigenvalue weighted by Gasteiger charge is -2.31. The van der Waals surface area contributed by atoms with Gasteiger partial charge in [0.15, 0.2) is 0 Å². The van der Waals surface area contributed by atoms with Crippen LogP contribution < -0.4 is 5.32 Å². The number of pyridine rings is 1. The van der Waals surface area contributed by atoms with Gasteiger partial charge in [-0.05, 0) is 51.8 Å². The molecule has 0 aliphatic carbocycles. The van der Waals surface area contributed by atoms with Crippen LogP contribution in [0.1, 0.15) is 37.7 Å². The summed E-state index contributed by atoms with van der Waals surface area (Å²) in [5.41, 5.74) is 0.503. The summed E-state index contributed by atoms with van der Waals surface area (Å²) in [7, 11) is 0. The molecule has 2 rings (SSSR count). The van der Waals surface area contributed by atoms with Crippen LogP contribution in [0, 0.1) is 5.92 Å². The number of rotatable bonds is 3. The van der Waals surface area contributed by atoms with Crippen molar-refractivity contribution in [3.8, 4) is 0 Å². The molecule has 1 aliphatic heterocycles. The second-order valence-corrected chi connectivity index (χ2v) is 6.72. The summed E-state index contributed by atoms with van der Waals surface area (Å²) in [4.78, 5) is 18.5. The van der Waals surface area contributed by atoms with Gasteiger partial charge in [-0.2, -0.15) is 0 Å². The van der Waals surface area contributed by atoms with Crippen LogP contribution in [0.3, 0.4) is 0 Å². The zero-order valence-corrected chi connectivity index (χ0v) is 13.1. The largest absolute Gasteiger partial charge is 0.350 e. The Kier molecular flexibility index (Phi) is 4.66. The van der Waals surface area contributed by atoms with Crippen LogP contribution in [0.2, 0.25) is 5.02 Å². The summed E-state index contributed by atoms with van der Waals surface area (Å²) >= 11 is 5.97. The molecule has 0 aromatic carbocycles. The quantitative estimate of drug-likeness (QED) is 0.932. The fraction of sp³-hybridized carbons (Fsp3) is 0.600. The first-order chi connectivity index (χ1) is 9.38.